The van der Waals surface area contributed by atoms with Gasteiger partial charge >= 0.3 is 0 Å². The number of rotatable bonds is 4. The molecule has 0 spiro atoms. The average molecular weight is 305 g/mol. The van der Waals surface area contributed by atoms with Gasteiger partial charge in [0.1, 0.15) is 11.9 Å². The van der Waals surface area contributed by atoms with Gasteiger partial charge < -0.3 is 16.2 Å². The molecule has 0 aliphatic rings. The van der Waals surface area contributed by atoms with Gasteiger partial charge in [-0.2, -0.15) is 0 Å². The first-order valence-corrected chi connectivity index (χ1v) is 5.42. The van der Waals surface area contributed by atoms with Gasteiger partial charge in [0.05, 0.1) is 16.6 Å². The Morgan fingerprint density at radius 2 is 2.18 bits per heavy atom. The minimum Gasteiger partial charge on any atom is -0.381 e. The number of amides is 2. The highest BCUT2D eigenvalue weighted by Gasteiger charge is 2.16. The van der Waals surface area contributed by atoms with Gasteiger partial charge in [-0.05, 0) is 28.1 Å². The third-order valence-electron chi connectivity index (χ3n) is 1.98. The molecule has 1 aromatic rings. The maximum atomic E-state index is 13.1. The molecule has 0 radical (unpaired) electrons. The lowest BCUT2D eigenvalue weighted by molar-refractivity contribution is -0.125. The number of nitrogens with one attached hydrogen (secondary N) is 1. The maximum absolute atomic E-state index is 13.1. The fourth-order valence-electron chi connectivity index (χ4n) is 1.06. The van der Waals surface area contributed by atoms with Crippen molar-refractivity contribution in [3.63, 3.8) is 0 Å². The number of halogens is 2. The molecule has 4 N–H and O–H groups in total. The summed E-state index contributed by atoms with van der Waals surface area (Å²) in [5.74, 6) is -2.13. The monoisotopic (exact) mass is 304 g/mol. The first kappa shape index (κ1) is 13.6. The number of nitrogens with two attached hydrogens (primary N) is 1. The lowest BCUT2D eigenvalue weighted by Gasteiger charge is -2.09. The fraction of sp³-hybridized carbons (Fsp3) is 0.200. The van der Waals surface area contributed by atoms with E-state index in [1.54, 1.807) is 0 Å². The van der Waals surface area contributed by atoms with E-state index in [1.165, 1.54) is 18.2 Å². The summed E-state index contributed by atoms with van der Waals surface area (Å²) >= 11 is 2.93. The van der Waals surface area contributed by atoms with Crippen molar-refractivity contribution >= 4 is 27.7 Å². The molecule has 0 bridgehead atoms. The second-order valence-electron chi connectivity index (χ2n) is 3.23. The number of carbonyl (C=O) groups excluding carboxylic acids is 2. The molecule has 2 amide bonds. The minimum atomic E-state index is -1.47. The summed E-state index contributed by atoms with van der Waals surface area (Å²) in [6.45, 7) is -0.322. The Bertz CT molecular complexity index is 453. The zero-order valence-corrected chi connectivity index (χ0v) is 10.2. The highest BCUT2D eigenvalue weighted by molar-refractivity contribution is 9.10. The van der Waals surface area contributed by atoms with Crippen LogP contribution in [-0.4, -0.2) is 29.6 Å². The predicted molar refractivity (Wildman–Crippen MR) is 61.6 cm³/mol. The smallest absolute Gasteiger partial charge is 0.252 e. The molecule has 0 saturated heterocycles. The lowest BCUT2D eigenvalue weighted by atomic mass is 10.2. The molecule has 17 heavy (non-hydrogen) atoms. The SMILES string of the molecule is NC(=O)C(O)CNC(=O)c1cccc(F)c1Br. The van der Waals surface area contributed by atoms with E-state index in [0.717, 1.165) is 0 Å². The van der Waals surface area contributed by atoms with Crippen molar-refractivity contribution in [2.75, 3.05) is 6.54 Å². The Morgan fingerprint density at radius 3 is 2.76 bits per heavy atom. The number of aliphatic hydroxyl groups excluding tert-OH is 1. The summed E-state index contributed by atoms with van der Waals surface area (Å²) in [5, 5.41) is 11.3. The molecule has 92 valence electrons. The van der Waals surface area contributed by atoms with Crippen LogP contribution in [0.15, 0.2) is 22.7 Å². The van der Waals surface area contributed by atoms with E-state index in [1.807, 2.05) is 0 Å². The number of hydrogen-bond donors (Lipinski definition) is 3. The van der Waals surface area contributed by atoms with Gasteiger partial charge in [0.2, 0.25) is 5.91 Å². The molecule has 0 aromatic heterocycles. The van der Waals surface area contributed by atoms with Crippen LogP contribution in [0.25, 0.3) is 0 Å². The molecule has 1 atom stereocenters. The van der Waals surface area contributed by atoms with E-state index in [-0.39, 0.29) is 16.6 Å². The van der Waals surface area contributed by atoms with E-state index in [0.29, 0.717) is 0 Å². The molecule has 1 rings (SSSR count). The maximum Gasteiger partial charge on any atom is 0.252 e. The van der Waals surface area contributed by atoms with Crippen LogP contribution in [0.4, 0.5) is 4.39 Å². The van der Waals surface area contributed by atoms with Crippen LogP contribution in [0.2, 0.25) is 0 Å². The molecule has 7 heteroatoms. The van der Waals surface area contributed by atoms with E-state index in [9.17, 15) is 14.0 Å². The molecule has 1 unspecified atom stereocenters. The molecular weight excluding hydrogens is 295 g/mol. The molecule has 0 heterocycles. The van der Waals surface area contributed by atoms with Gasteiger partial charge in [-0.25, -0.2) is 4.39 Å². The molecule has 0 aliphatic heterocycles. The van der Waals surface area contributed by atoms with Crippen molar-refractivity contribution in [1.82, 2.24) is 5.32 Å². The third kappa shape index (κ3) is 3.50. The molecule has 1 aromatic carbocycles. The van der Waals surface area contributed by atoms with Gasteiger partial charge in [0, 0.05) is 0 Å². The van der Waals surface area contributed by atoms with Crippen LogP contribution in [0.5, 0.6) is 0 Å². The second-order valence-corrected chi connectivity index (χ2v) is 4.02. The zero-order chi connectivity index (χ0) is 13.0. The summed E-state index contributed by atoms with van der Waals surface area (Å²) < 4.78 is 13.1. The van der Waals surface area contributed by atoms with Crippen molar-refractivity contribution in [1.29, 1.82) is 0 Å². The van der Waals surface area contributed by atoms with Gasteiger partial charge in [0.15, 0.2) is 0 Å². The number of primary amides is 1. The van der Waals surface area contributed by atoms with Crippen molar-refractivity contribution in [2.45, 2.75) is 6.10 Å². The second kappa shape index (κ2) is 5.74. The highest BCUT2D eigenvalue weighted by atomic mass is 79.9. The summed E-state index contributed by atoms with van der Waals surface area (Å²) in [4.78, 5) is 22.1. The molecule has 0 fully saturated rings. The number of aliphatic hydroxyl groups is 1. The lowest BCUT2D eigenvalue weighted by Crippen LogP contribution is -2.40. The van der Waals surface area contributed by atoms with Crippen LogP contribution in [0.3, 0.4) is 0 Å². The van der Waals surface area contributed by atoms with Crippen molar-refractivity contribution in [3.8, 4) is 0 Å². The van der Waals surface area contributed by atoms with Crippen molar-refractivity contribution in [2.24, 2.45) is 5.73 Å². The Balaban J connectivity index is 2.71. The van der Waals surface area contributed by atoms with Crippen LogP contribution in [0, 0.1) is 5.82 Å². The van der Waals surface area contributed by atoms with Gasteiger partial charge in [-0.3, -0.25) is 9.59 Å². The first-order chi connectivity index (χ1) is 7.93. The van der Waals surface area contributed by atoms with Gasteiger partial charge in [0.25, 0.3) is 5.91 Å². The number of carbonyl (C=O) groups is 2. The van der Waals surface area contributed by atoms with E-state index >= 15 is 0 Å². The summed E-state index contributed by atoms with van der Waals surface area (Å²) in [7, 11) is 0. The van der Waals surface area contributed by atoms with E-state index < -0.39 is 23.7 Å². The van der Waals surface area contributed by atoms with Crippen LogP contribution in [-0.2, 0) is 4.79 Å². The van der Waals surface area contributed by atoms with Gasteiger partial charge in [-0.1, -0.05) is 6.07 Å². The summed E-state index contributed by atoms with van der Waals surface area (Å²) in [5.41, 5.74) is 4.88. The molecule has 0 aliphatic carbocycles. The average Bonchev–Trinajstić information content (AvgIpc) is 2.29. The van der Waals surface area contributed by atoms with E-state index in [4.69, 9.17) is 10.8 Å². The van der Waals surface area contributed by atoms with Crippen LogP contribution < -0.4 is 11.1 Å². The standard InChI is InChI=1S/C10H10BrFN2O3/c11-8-5(2-1-3-6(8)12)10(17)14-4-7(15)9(13)16/h1-3,7,15H,4H2,(H2,13,16)(H,14,17). The van der Waals surface area contributed by atoms with Crippen molar-refractivity contribution < 1.29 is 19.1 Å². The number of hydrogen-bond acceptors (Lipinski definition) is 3. The quantitative estimate of drug-likeness (QED) is 0.740. The molecule has 5 nitrogen and oxygen atoms in total. The Labute approximate surface area is 105 Å². The predicted octanol–water partition coefficient (Wildman–Crippen LogP) is 0.164. The first-order valence-electron chi connectivity index (χ1n) is 4.63. The Hall–Kier alpha value is -1.47. The van der Waals surface area contributed by atoms with Gasteiger partial charge in [-0.15, -0.1) is 0 Å². The minimum absolute atomic E-state index is 0.0195. The normalized spacial score (nSPS) is 11.9. The number of benzene rings is 1. The molecule has 0 saturated carbocycles. The zero-order valence-electron chi connectivity index (χ0n) is 8.61. The Morgan fingerprint density at radius 1 is 1.53 bits per heavy atom. The molecular formula is C10H10BrFN2O3. The third-order valence-corrected chi connectivity index (χ3v) is 2.79. The van der Waals surface area contributed by atoms with Crippen molar-refractivity contribution in [3.05, 3.63) is 34.1 Å². The van der Waals surface area contributed by atoms with Crippen LogP contribution in [0.1, 0.15) is 10.4 Å². The van der Waals surface area contributed by atoms with E-state index in [2.05, 4.69) is 21.2 Å². The topological polar surface area (TPSA) is 92.4 Å². The fourth-order valence-corrected chi connectivity index (χ4v) is 1.51. The largest absolute Gasteiger partial charge is 0.381 e. The van der Waals surface area contributed by atoms with Crippen LogP contribution >= 0.6 is 15.9 Å². The summed E-state index contributed by atoms with van der Waals surface area (Å²) in [6.07, 6.45) is -1.47. The summed E-state index contributed by atoms with van der Waals surface area (Å²) in [6, 6.07) is 3.97. The highest BCUT2D eigenvalue weighted by Crippen LogP contribution is 2.20. The Kier molecular flexibility index (Phi) is 4.59.